The van der Waals surface area contributed by atoms with Crippen LogP contribution in [0.5, 0.6) is 0 Å². The highest BCUT2D eigenvalue weighted by Gasteiger charge is 2.40. The lowest BCUT2D eigenvalue weighted by Gasteiger charge is -2.26. The zero-order valence-corrected chi connectivity index (χ0v) is 15.2. The molecule has 0 spiro atoms. The van der Waals surface area contributed by atoms with E-state index < -0.39 is 14.7 Å². The third-order valence-corrected chi connectivity index (χ3v) is 5.18. The van der Waals surface area contributed by atoms with Crippen molar-refractivity contribution < 1.29 is 22.7 Å². The van der Waals surface area contributed by atoms with Crippen molar-refractivity contribution in [2.45, 2.75) is 45.3 Å². The molecule has 0 aromatic carbocycles. The quantitative estimate of drug-likeness (QED) is 0.705. The molecule has 23 heavy (non-hydrogen) atoms. The predicted octanol–water partition coefficient (Wildman–Crippen LogP) is 1.41. The van der Waals surface area contributed by atoms with Crippen LogP contribution in [0.15, 0.2) is 0 Å². The molecular weight excluding hydrogens is 344 g/mol. The maximum atomic E-state index is 12.1. The fraction of sp³-hybridized carbons (Fsp3) is 0.857. The van der Waals surface area contributed by atoms with Crippen LogP contribution in [-0.4, -0.2) is 67.2 Å². The number of halogens is 1. The van der Waals surface area contributed by atoms with Gasteiger partial charge < -0.3 is 14.5 Å². The molecule has 2 atom stereocenters. The van der Waals surface area contributed by atoms with E-state index in [0.29, 0.717) is 26.1 Å². The van der Waals surface area contributed by atoms with E-state index in [1.54, 1.807) is 30.6 Å². The Morgan fingerprint density at radius 1 is 1.35 bits per heavy atom. The van der Waals surface area contributed by atoms with Crippen molar-refractivity contribution in [3.8, 4) is 0 Å². The first-order valence-corrected chi connectivity index (χ1v) is 10.1. The maximum Gasteiger partial charge on any atom is 0.410 e. The van der Waals surface area contributed by atoms with Crippen LogP contribution in [0.4, 0.5) is 4.79 Å². The number of rotatable bonds is 3. The van der Waals surface area contributed by atoms with E-state index in [0.717, 1.165) is 0 Å². The summed E-state index contributed by atoms with van der Waals surface area (Å²) >= 11 is 0. The van der Waals surface area contributed by atoms with E-state index >= 15 is 0 Å². The first kappa shape index (κ1) is 18.3. The number of hydrogen-bond acceptors (Lipinski definition) is 5. The number of carbonyl (C=O) groups excluding carboxylic acids is 2. The molecule has 9 heteroatoms. The number of likely N-dealkylation sites (tertiary alicyclic amines) is 2. The third kappa shape index (κ3) is 5.24. The average Bonchev–Trinajstić information content (AvgIpc) is 2.91. The van der Waals surface area contributed by atoms with Gasteiger partial charge in [-0.1, -0.05) is 0 Å². The maximum absolute atomic E-state index is 12.1. The van der Waals surface area contributed by atoms with Crippen LogP contribution in [0.1, 0.15) is 33.6 Å². The van der Waals surface area contributed by atoms with E-state index in [-0.39, 0.29) is 36.1 Å². The summed E-state index contributed by atoms with van der Waals surface area (Å²) in [5, 5.41) is 0. The second-order valence-electron chi connectivity index (χ2n) is 7.19. The molecular formula is C14H23ClN2O5S. The molecule has 0 aliphatic carbocycles. The van der Waals surface area contributed by atoms with Crippen molar-refractivity contribution in [2.24, 2.45) is 5.92 Å². The Morgan fingerprint density at radius 3 is 2.57 bits per heavy atom. The highest BCUT2D eigenvalue weighted by Crippen LogP contribution is 2.27. The molecule has 2 aliphatic rings. The van der Waals surface area contributed by atoms with Gasteiger partial charge in [0.15, 0.2) is 0 Å². The zero-order valence-electron chi connectivity index (χ0n) is 13.6. The highest BCUT2D eigenvalue weighted by molar-refractivity contribution is 8.13. The fourth-order valence-electron chi connectivity index (χ4n) is 3.04. The van der Waals surface area contributed by atoms with Crippen molar-refractivity contribution in [1.82, 2.24) is 9.80 Å². The predicted molar refractivity (Wildman–Crippen MR) is 85.7 cm³/mol. The van der Waals surface area contributed by atoms with Crippen LogP contribution in [0.3, 0.4) is 0 Å². The summed E-state index contributed by atoms with van der Waals surface area (Å²) in [5.74, 6) is -0.550. The minimum absolute atomic E-state index is 0.0774. The zero-order chi connectivity index (χ0) is 17.4. The lowest BCUT2D eigenvalue weighted by molar-refractivity contribution is -0.129. The number of amides is 2. The van der Waals surface area contributed by atoms with Gasteiger partial charge >= 0.3 is 6.09 Å². The Balaban J connectivity index is 1.92. The van der Waals surface area contributed by atoms with Crippen molar-refractivity contribution >= 4 is 31.7 Å². The Labute approximate surface area is 141 Å². The van der Waals surface area contributed by atoms with E-state index in [4.69, 9.17) is 15.4 Å². The molecule has 2 saturated heterocycles. The van der Waals surface area contributed by atoms with Gasteiger partial charge in [0.2, 0.25) is 15.0 Å². The molecule has 2 aliphatic heterocycles. The second kappa shape index (κ2) is 6.47. The Bertz CT molecular complexity index is 586. The first-order chi connectivity index (χ1) is 10.4. The van der Waals surface area contributed by atoms with E-state index in [1.165, 1.54) is 0 Å². The minimum atomic E-state index is -3.61. The first-order valence-electron chi connectivity index (χ1n) is 7.64. The van der Waals surface area contributed by atoms with Gasteiger partial charge in [-0.2, -0.15) is 0 Å². The normalized spacial score (nSPS) is 26.0. The summed E-state index contributed by atoms with van der Waals surface area (Å²) < 4.78 is 27.7. The van der Waals surface area contributed by atoms with Gasteiger partial charge in [0.25, 0.3) is 0 Å². The molecule has 0 bridgehead atoms. The second-order valence-corrected chi connectivity index (χ2v) is 10.0. The lowest BCUT2D eigenvalue weighted by atomic mass is 10.1. The van der Waals surface area contributed by atoms with Crippen molar-refractivity contribution in [3.63, 3.8) is 0 Å². The summed E-state index contributed by atoms with van der Waals surface area (Å²) in [6.07, 6.45) is 0.478. The van der Waals surface area contributed by atoms with E-state index in [9.17, 15) is 18.0 Å². The van der Waals surface area contributed by atoms with Gasteiger partial charge in [-0.15, -0.1) is 0 Å². The molecule has 2 rings (SSSR count). The molecule has 2 heterocycles. The number of ether oxygens (including phenoxy) is 1. The van der Waals surface area contributed by atoms with Crippen molar-refractivity contribution in [1.29, 1.82) is 0 Å². The van der Waals surface area contributed by atoms with Gasteiger partial charge in [-0.3, -0.25) is 4.79 Å². The molecule has 0 N–H and O–H groups in total. The van der Waals surface area contributed by atoms with Crippen LogP contribution < -0.4 is 0 Å². The monoisotopic (exact) mass is 366 g/mol. The topological polar surface area (TPSA) is 84.0 Å². The molecule has 0 saturated carbocycles. The van der Waals surface area contributed by atoms with Gasteiger partial charge in [0.05, 0.1) is 11.8 Å². The van der Waals surface area contributed by atoms with Gasteiger partial charge in [-0.05, 0) is 27.2 Å². The number of hydrogen-bond donors (Lipinski definition) is 0. The van der Waals surface area contributed by atoms with Crippen LogP contribution in [0.25, 0.3) is 0 Å². The summed E-state index contributed by atoms with van der Waals surface area (Å²) in [5.41, 5.74) is -0.557. The summed E-state index contributed by atoms with van der Waals surface area (Å²) in [6.45, 7) is 6.74. The molecule has 132 valence electrons. The molecule has 1 unspecified atom stereocenters. The minimum Gasteiger partial charge on any atom is -0.444 e. The third-order valence-electron chi connectivity index (χ3n) is 3.93. The van der Waals surface area contributed by atoms with E-state index in [1.807, 2.05) is 0 Å². The summed E-state index contributed by atoms with van der Waals surface area (Å²) in [4.78, 5) is 27.4. The molecule has 0 aromatic rings. The Morgan fingerprint density at radius 2 is 2.00 bits per heavy atom. The Kier molecular flexibility index (Phi) is 5.15. The standard InChI is InChI=1S/C14H23ClN2O5S/c1-14(2,3)22-13(19)16-5-4-11(8-16)17-7-10(6-12(17)18)9-23(15,20)21/h10-11H,4-9H2,1-3H3/t10?,11-/m1/s1. The van der Waals surface area contributed by atoms with Gasteiger partial charge in [0, 0.05) is 42.7 Å². The van der Waals surface area contributed by atoms with Crippen LogP contribution in [-0.2, 0) is 18.6 Å². The average molecular weight is 367 g/mol. The number of nitrogens with zero attached hydrogens (tertiary/aromatic N) is 2. The molecule has 7 nitrogen and oxygen atoms in total. The van der Waals surface area contributed by atoms with Crippen LogP contribution in [0.2, 0.25) is 0 Å². The summed E-state index contributed by atoms with van der Waals surface area (Å²) in [6, 6.07) is -0.0851. The molecule has 0 radical (unpaired) electrons. The molecule has 2 amide bonds. The smallest absolute Gasteiger partial charge is 0.410 e. The SMILES string of the molecule is CC(C)(C)OC(=O)N1CC[C@@H](N2CC(CS(=O)(=O)Cl)CC2=O)C1. The van der Waals surface area contributed by atoms with Gasteiger partial charge in [-0.25, -0.2) is 13.2 Å². The van der Waals surface area contributed by atoms with Crippen molar-refractivity contribution in [2.75, 3.05) is 25.4 Å². The van der Waals surface area contributed by atoms with Crippen LogP contribution >= 0.6 is 10.7 Å². The fourth-order valence-corrected chi connectivity index (χ4v) is 4.36. The molecule has 0 aromatic heterocycles. The molecule has 2 fully saturated rings. The highest BCUT2D eigenvalue weighted by atomic mass is 35.7. The van der Waals surface area contributed by atoms with Crippen LogP contribution in [0, 0.1) is 5.92 Å². The Hall–Kier alpha value is -1.02. The largest absolute Gasteiger partial charge is 0.444 e. The van der Waals surface area contributed by atoms with E-state index in [2.05, 4.69) is 0 Å². The summed E-state index contributed by atoms with van der Waals surface area (Å²) in [7, 11) is 1.65. The lowest BCUT2D eigenvalue weighted by Crippen LogP contribution is -2.41. The number of carbonyl (C=O) groups is 2. The van der Waals surface area contributed by atoms with Gasteiger partial charge in [0.1, 0.15) is 5.60 Å². The van der Waals surface area contributed by atoms with Crippen molar-refractivity contribution in [3.05, 3.63) is 0 Å².